The van der Waals surface area contributed by atoms with Gasteiger partial charge >= 0.3 is 5.51 Å². The van der Waals surface area contributed by atoms with Crippen molar-refractivity contribution in [2.75, 3.05) is 24.2 Å². The van der Waals surface area contributed by atoms with Crippen molar-refractivity contribution in [2.24, 2.45) is 0 Å². The second-order valence-electron chi connectivity index (χ2n) is 6.09. The number of thioether (sulfide) groups is 1. The number of nitrogens with one attached hydrogen (secondary N) is 1. The Balaban J connectivity index is 2.39. The van der Waals surface area contributed by atoms with Gasteiger partial charge in [-0.3, -0.25) is 4.79 Å². The van der Waals surface area contributed by atoms with Crippen LogP contribution in [-0.2, 0) is 14.8 Å². The Morgan fingerprint density at radius 1 is 1.10 bits per heavy atom. The molecule has 0 aliphatic carbocycles. The van der Waals surface area contributed by atoms with E-state index in [0.717, 1.165) is 18.2 Å². The highest BCUT2D eigenvalue weighted by Gasteiger charge is 2.30. The molecule has 0 unspecified atom stereocenters. The van der Waals surface area contributed by atoms with Crippen LogP contribution >= 0.6 is 11.8 Å². The summed E-state index contributed by atoms with van der Waals surface area (Å²) >= 11 is -0.527. The fraction of sp³-hybridized carbons (Fsp3) is 0.316. The first-order chi connectivity index (χ1) is 14.5. The van der Waals surface area contributed by atoms with Crippen LogP contribution in [0.1, 0.15) is 13.8 Å². The third-order valence-corrected chi connectivity index (χ3v) is 6.76. The second kappa shape index (κ2) is 10.3. The van der Waals surface area contributed by atoms with Crippen LogP contribution in [0.15, 0.2) is 47.4 Å². The van der Waals surface area contributed by atoms with E-state index in [1.54, 1.807) is 13.8 Å². The van der Waals surface area contributed by atoms with Gasteiger partial charge in [-0.15, -0.1) is 0 Å². The molecule has 6 nitrogen and oxygen atoms in total. The van der Waals surface area contributed by atoms with Crippen LogP contribution in [-0.4, -0.2) is 43.0 Å². The quantitative estimate of drug-likeness (QED) is 0.520. The van der Waals surface area contributed by atoms with Crippen molar-refractivity contribution < 1.29 is 35.5 Å². The Bertz CT molecular complexity index is 1010. The molecule has 0 spiro atoms. The molecule has 2 rings (SSSR count). The van der Waals surface area contributed by atoms with E-state index in [9.17, 15) is 30.8 Å². The van der Waals surface area contributed by atoms with E-state index in [2.05, 4.69) is 5.32 Å². The van der Waals surface area contributed by atoms with E-state index in [1.165, 1.54) is 28.6 Å². The van der Waals surface area contributed by atoms with Crippen molar-refractivity contribution in [2.45, 2.75) is 24.3 Å². The van der Waals surface area contributed by atoms with Crippen LogP contribution in [0, 0.1) is 5.82 Å². The number of halogens is 4. The molecule has 1 N–H and O–H groups in total. The van der Waals surface area contributed by atoms with Gasteiger partial charge < -0.3 is 10.1 Å². The largest absolute Gasteiger partial charge is 0.455 e. The van der Waals surface area contributed by atoms with Crippen LogP contribution in [0.2, 0.25) is 0 Å². The van der Waals surface area contributed by atoms with Crippen molar-refractivity contribution in [3.05, 3.63) is 48.3 Å². The number of ether oxygens (including phenoxy) is 1. The predicted octanol–water partition coefficient (Wildman–Crippen LogP) is 4.84. The number of sulfonamides is 1. The minimum Gasteiger partial charge on any atom is -0.455 e. The Morgan fingerprint density at radius 2 is 1.71 bits per heavy atom. The van der Waals surface area contributed by atoms with E-state index in [1.807, 2.05) is 0 Å². The fourth-order valence-electron chi connectivity index (χ4n) is 2.53. The second-order valence-corrected chi connectivity index (χ2v) is 9.06. The zero-order chi connectivity index (χ0) is 23.2. The molecule has 0 bridgehead atoms. The maximum atomic E-state index is 13.1. The smallest absolute Gasteiger partial charge is 0.442 e. The van der Waals surface area contributed by atoms with E-state index in [4.69, 9.17) is 4.74 Å². The van der Waals surface area contributed by atoms with E-state index >= 15 is 0 Å². The van der Waals surface area contributed by atoms with Crippen molar-refractivity contribution >= 4 is 33.4 Å². The van der Waals surface area contributed by atoms with E-state index < -0.39 is 44.8 Å². The molecule has 0 aliphatic rings. The van der Waals surface area contributed by atoms with Crippen LogP contribution in [0.3, 0.4) is 0 Å². The summed E-state index contributed by atoms with van der Waals surface area (Å²) in [6, 6.07) is 8.52. The molecule has 0 atom stereocenters. The highest BCUT2D eigenvalue weighted by atomic mass is 32.2. The molecule has 0 saturated heterocycles. The number of hydrogen-bond acceptors (Lipinski definition) is 5. The molecule has 31 heavy (non-hydrogen) atoms. The number of carbonyl (C=O) groups excluding carboxylic acids is 1. The number of anilines is 1. The fourth-order valence-corrected chi connectivity index (χ4v) is 4.38. The highest BCUT2D eigenvalue weighted by molar-refractivity contribution is 8.00. The summed E-state index contributed by atoms with van der Waals surface area (Å²) in [6.45, 7) is 3.72. The summed E-state index contributed by atoms with van der Waals surface area (Å²) in [5.41, 5.74) is -4.73. The summed E-state index contributed by atoms with van der Waals surface area (Å²) in [6.07, 6.45) is 0. The van der Waals surface area contributed by atoms with Gasteiger partial charge in [-0.05, 0) is 54.2 Å². The first-order valence-corrected chi connectivity index (χ1v) is 11.5. The number of carbonyl (C=O) groups is 1. The molecule has 170 valence electrons. The van der Waals surface area contributed by atoms with Gasteiger partial charge in [0, 0.05) is 13.1 Å². The molecular weight excluding hydrogens is 460 g/mol. The SMILES string of the molecule is CCN(CC)S(=O)(=O)c1ccc(Oc2ccc(F)cc2)c(NC(=O)CSC(F)(F)F)c1. The third kappa shape index (κ3) is 7.11. The summed E-state index contributed by atoms with van der Waals surface area (Å²) in [5.74, 6) is -2.27. The minimum absolute atomic E-state index is 0.0181. The van der Waals surface area contributed by atoms with Gasteiger partial charge in [0.2, 0.25) is 15.9 Å². The van der Waals surface area contributed by atoms with Crippen LogP contribution in [0.4, 0.5) is 23.2 Å². The first kappa shape index (κ1) is 25.0. The Morgan fingerprint density at radius 3 is 2.26 bits per heavy atom. The summed E-state index contributed by atoms with van der Waals surface area (Å²) in [4.78, 5) is 11.9. The Labute approximate surface area is 181 Å². The van der Waals surface area contributed by atoms with Gasteiger partial charge in [0.1, 0.15) is 11.6 Å². The van der Waals surface area contributed by atoms with E-state index in [0.29, 0.717) is 0 Å². The lowest BCUT2D eigenvalue weighted by atomic mass is 10.2. The predicted molar refractivity (Wildman–Crippen MR) is 110 cm³/mol. The Kier molecular flexibility index (Phi) is 8.32. The number of benzene rings is 2. The van der Waals surface area contributed by atoms with Crippen LogP contribution in [0.5, 0.6) is 11.5 Å². The average molecular weight is 481 g/mol. The molecule has 0 fully saturated rings. The molecular formula is C19H20F4N2O4S2. The molecule has 12 heteroatoms. The zero-order valence-corrected chi connectivity index (χ0v) is 18.2. The van der Waals surface area contributed by atoms with Crippen LogP contribution in [0.25, 0.3) is 0 Å². The van der Waals surface area contributed by atoms with Gasteiger partial charge in [-0.2, -0.15) is 17.5 Å². The Hall–Kier alpha value is -2.31. The van der Waals surface area contributed by atoms with Gasteiger partial charge in [0.15, 0.2) is 5.75 Å². The molecule has 0 aromatic heterocycles. The number of rotatable bonds is 9. The molecule has 2 aromatic rings. The van der Waals surface area contributed by atoms with Crippen molar-refractivity contribution in [3.8, 4) is 11.5 Å². The molecule has 0 heterocycles. The lowest BCUT2D eigenvalue weighted by Gasteiger charge is -2.20. The molecule has 0 radical (unpaired) electrons. The van der Waals surface area contributed by atoms with Gasteiger partial charge in [0.25, 0.3) is 0 Å². The monoisotopic (exact) mass is 480 g/mol. The lowest BCUT2D eigenvalue weighted by molar-refractivity contribution is -0.114. The number of nitrogens with zero attached hydrogens (tertiary/aromatic N) is 1. The van der Waals surface area contributed by atoms with Crippen molar-refractivity contribution in [3.63, 3.8) is 0 Å². The molecule has 2 aromatic carbocycles. The number of amides is 1. The number of hydrogen-bond donors (Lipinski definition) is 1. The molecule has 1 amide bonds. The summed E-state index contributed by atoms with van der Waals surface area (Å²) in [5, 5.41) is 2.26. The standard InChI is InChI=1S/C19H20F4N2O4S2/c1-3-25(4-2)31(27,28)15-9-10-17(29-14-7-5-13(20)6-8-14)16(11-15)24-18(26)12-30-19(21,22)23/h5-11H,3-4,12H2,1-2H3,(H,24,26). The number of alkyl halides is 3. The maximum Gasteiger partial charge on any atom is 0.442 e. The van der Waals surface area contributed by atoms with Gasteiger partial charge in [0.05, 0.1) is 16.3 Å². The molecule has 0 aliphatic heterocycles. The van der Waals surface area contributed by atoms with E-state index in [-0.39, 0.29) is 35.2 Å². The molecule has 0 saturated carbocycles. The van der Waals surface area contributed by atoms with Gasteiger partial charge in [-0.25, -0.2) is 12.8 Å². The average Bonchev–Trinajstić information content (AvgIpc) is 2.69. The first-order valence-electron chi connectivity index (χ1n) is 9.04. The van der Waals surface area contributed by atoms with Gasteiger partial charge in [-0.1, -0.05) is 13.8 Å². The topological polar surface area (TPSA) is 75.7 Å². The lowest BCUT2D eigenvalue weighted by Crippen LogP contribution is -2.30. The maximum absolute atomic E-state index is 13.1. The summed E-state index contributed by atoms with van der Waals surface area (Å²) < 4.78 is 82.6. The zero-order valence-electron chi connectivity index (χ0n) is 16.6. The van der Waals surface area contributed by atoms with Crippen LogP contribution < -0.4 is 10.1 Å². The minimum atomic E-state index is -4.60. The normalized spacial score (nSPS) is 12.1. The summed E-state index contributed by atoms with van der Waals surface area (Å²) in [7, 11) is -3.90. The highest BCUT2D eigenvalue weighted by Crippen LogP contribution is 2.34. The van der Waals surface area contributed by atoms with Crippen molar-refractivity contribution in [1.82, 2.24) is 4.31 Å². The third-order valence-electron chi connectivity index (χ3n) is 3.98. The van der Waals surface area contributed by atoms with Crippen molar-refractivity contribution in [1.29, 1.82) is 0 Å².